The summed E-state index contributed by atoms with van der Waals surface area (Å²) in [4.78, 5) is 14.5. The Balaban J connectivity index is 1.56. The predicted molar refractivity (Wildman–Crippen MR) is 94.3 cm³/mol. The fourth-order valence-corrected chi connectivity index (χ4v) is 3.27. The van der Waals surface area contributed by atoms with Gasteiger partial charge in [-0.3, -0.25) is 4.79 Å². The third kappa shape index (κ3) is 4.83. The van der Waals surface area contributed by atoms with Crippen LogP contribution >= 0.6 is 0 Å². The Hall–Kier alpha value is -1.85. The lowest BCUT2D eigenvalue weighted by atomic mass is 10.0. The van der Waals surface area contributed by atoms with E-state index in [1.54, 1.807) is 0 Å². The summed E-state index contributed by atoms with van der Waals surface area (Å²) in [6.07, 6.45) is 5.59. The van der Waals surface area contributed by atoms with E-state index >= 15 is 0 Å². The van der Waals surface area contributed by atoms with Crippen LogP contribution in [0.1, 0.15) is 43.7 Å². The lowest BCUT2D eigenvalue weighted by Gasteiger charge is -2.32. The Morgan fingerprint density at radius 2 is 1.88 bits per heavy atom. The molecule has 1 N–H and O–H groups in total. The van der Waals surface area contributed by atoms with Crippen LogP contribution in [0.5, 0.6) is 0 Å². The summed E-state index contributed by atoms with van der Waals surface area (Å²) < 4.78 is 11.7. The second kappa shape index (κ2) is 8.50. The molecular weight excluding hydrogens is 318 g/mol. The fourth-order valence-electron chi connectivity index (χ4n) is 3.27. The van der Waals surface area contributed by atoms with Gasteiger partial charge in [0.25, 0.3) is 5.91 Å². The fraction of sp³-hybridized carbons (Fsp3) is 0.550. The van der Waals surface area contributed by atoms with Crippen LogP contribution in [0.3, 0.4) is 0 Å². The average molecular weight is 345 g/mol. The van der Waals surface area contributed by atoms with Crippen LogP contribution in [-0.2, 0) is 27.5 Å². The number of ether oxygens (including phenoxy) is 2. The van der Waals surface area contributed by atoms with E-state index < -0.39 is 6.29 Å². The Morgan fingerprint density at radius 1 is 1.20 bits per heavy atom. The Labute approximate surface area is 149 Å². The van der Waals surface area contributed by atoms with Crippen molar-refractivity contribution in [1.82, 2.24) is 4.90 Å². The molecule has 0 saturated carbocycles. The highest BCUT2D eigenvalue weighted by Crippen LogP contribution is 2.26. The van der Waals surface area contributed by atoms with Crippen molar-refractivity contribution < 1.29 is 19.4 Å². The molecule has 1 fully saturated rings. The molecule has 0 spiro atoms. The minimum absolute atomic E-state index is 0.00727. The van der Waals surface area contributed by atoms with Crippen LogP contribution < -0.4 is 0 Å². The topological polar surface area (TPSA) is 59.0 Å². The van der Waals surface area contributed by atoms with E-state index in [4.69, 9.17) is 14.6 Å². The van der Waals surface area contributed by atoms with Crippen molar-refractivity contribution in [2.24, 2.45) is 5.92 Å². The van der Waals surface area contributed by atoms with E-state index in [1.165, 1.54) is 6.42 Å². The lowest BCUT2D eigenvalue weighted by Crippen LogP contribution is -2.39. The van der Waals surface area contributed by atoms with E-state index in [2.05, 4.69) is 6.92 Å². The molecule has 0 radical (unpaired) electrons. The van der Waals surface area contributed by atoms with Crippen molar-refractivity contribution in [2.45, 2.75) is 52.1 Å². The zero-order chi connectivity index (χ0) is 17.6. The van der Waals surface area contributed by atoms with Gasteiger partial charge in [0.15, 0.2) is 5.76 Å². The quantitative estimate of drug-likeness (QED) is 0.891. The molecule has 3 rings (SSSR count). The number of benzene rings is 1. The molecular formula is C20H27NO4. The number of amides is 1. The maximum atomic E-state index is 12.6. The second-order valence-corrected chi connectivity index (χ2v) is 6.93. The second-order valence-electron chi connectivity index (χ2n) is 6.93. The number of piperidine rings is 1. The van der Waals surface area contributed by atoms with E-state index in [0.717, 1.165) is 43.5 Å². The summed E-state index contributed by atoms with van der Waals surface area (Å²) in [5.74, 6) is 0.674. The van der Waals surface area contributed by atoms with Crippen LogP contribution in [0.4, 0.5) is 0 Å². The van der Waals surface area contributed by atoms with Crippen LogP contribution in [0.2, 0.25) is 0 Å². The standard InChI is InChI=1S/C20H27NO4/c1-15-11-18(20(23)21-9-3-2-4-10-21)25-19(12-15)24-14-17-7-5-16(13-22)6-8-17/h5-8,11,15,19,22H,2-4,9-10,12-14H2,1H3/t15-,19+/m1/s1. The van der Waals surface area contributed by atoms with Gasteiger partial charge in [-0.2, -0.15) is 0 Å². The van der Waals surface area contributed by atoms with Gasteiger partial charge in [0, 0.05) is 19.5 Å². The zero-order valence-electron chi connectivity index (χ0n) is 14.8. The van der Waals surface area contributed by atoms with Crippen molar-refractivity contribution in [3.05, 3.63) is 47.2 Å². The molecule has 0 bridgehead atoms. The molecule has 2 atom stereocenters. The van der Waals surface area contributed by atoms with Crippen LogP contribution in [0, 0.1) is 5.92 Å². The van der Waals surface area contributed by atoms with Gasteiger partial charge in [-0.15, -0.1) is 0 Å². The summed E-state index contributed by atoms with van der Waals surface area (Å²) in [6.45, 7) is 4.18. The van der Waals surface area contributed by atoms with Crippen LogP contribution in [0.25, 0.3) is 0 Å². The van der Waals surface area contributed by atoms with E-state index in [9.17, 15) is 4.79 Å². The van der Waals surface area contributed by atoms with Gasteiger partial charge >= 0.3 is 0 Å². The summed E-state index contributed by atoms with van der Waals surface area (Å²) in [6, 6.07) is 7.64. The highest BCUT2D eigenvalue weighted by Gasteiger charge is 2.29. The molecule has 0 aliphatic carbocycles. The molecule has 0 unspecified atom stereocenters. The summed E-state index contributed by atoms with van der Waals surface area (Å²) in [5.41, 5.74) is 1.90. The van der Waals surface area contributed by atoms with Crippen LogP contribution in [-0.4, -0.2) is 35.3 Å². The number of aliphatic hydroxyl groups is 1. The van der Waals surface area contributed by atoms with Crippen LogP contribution in [0.15, 0.2) is 36.1 Å². The number of carbonyl (C=O) groups is 1. The monoisotopic (exact) mass is 345 g/mol. The number of rotatable bonds is 5. The predicted octanol–water partition coefficient (Wildman–Crippen LogP) is 2.97. The first-order chi connectivity index (χ1) is 12.2. The Kier molecular flexibility index (Phi) is 6.10. The van der Waals surface area contributed by atoms with Gasteiger partial charge in [0.2, 0.25) is 6.29 Å². The van der Waals surface area contributed by atoms with Gasteiger partial charge in [-0.1, -0.05) is 31.2 Å². The first kappa shape index (κ1) is 18.0. The third-order valence-electron chi connectivity index (χ3n) is 4.75. The molecule has 1 aromatic carbocycles. The van der Waals surface area contributed by atoms with Crippen molar-refractivity contribution in [3.63, 3.8) is 0 Å². The van der Waals surface area contributed by atoms with Crippen molar-refractivity contribution >= 4 is 5.91 Å². The smallest absolute Gasteiger partial charge is 0.288 e. The van der Waals surface area contributed by atoms with E-state index in [0.29, 0.717) is 12.4 Å². The molecule has 1 amide bonds. The summed E-state index contributed by atoms with van der Waals surface area (Å²) in [5, 5.41) is 9.09. The molecule has 2 aliphatic rings. The van der Waals surface area contributed by atoms with Gasteiger partial charge in [-0.05, 0) is 42.4 Å². The number of allylic oxidation sites excluding steroid dienone is 1. The summed E-state index contributed by atoms with van der Waals surface area (Å²) in [7, 11) is 0. The molecule has 25 heavy (non-hydrogen) atoms. The van der Waals surface area contributed by atoms with Gasteiger partial charge in [-0.25, -0.2) is 0 Å². The highest BCUT2D eigenvalue weighted by molar-refractivity contribution is 5.91. The number of nitrogens with zero attached hydrogens (tertiary/aromatic N) is 1. The minimum Gasteiger partial charge on any atom is -0.459 e. The minimum atomic E-state index is -0.402. The molecule has 5 heteroatoms. The first-order valence-corrected chi connectivity index (χ1v) is 9.13. The van der Waals surface area contributed by atoms with E-state index in [-0.39, 0.29) is 18.4 Å². The van der Waals surface area contributed by atoms with E-state index in [1.807, 2.05) is 35.2 Å². The number of carbonyl (C=O) groups excluding carboxylic acids is 1. The SMILES string of the molecule is C[C@@H]1C=C(C(=O)N2CCCCC2)O[C@H](OCc2ccc(CO)cc2)C1. The Bertz CT molecular complexity index is 605. The number of hydrogen-bond acceptors (Lipinski definition) is 4. The van der Waals surface area contributed by atoms with Crippen molar-refractivity contribution in [1.29, 1.82) is 0 Å². The molecule has 1 saturated heterocycles. The maximum Gasteiger partial charge on any atom is 0.288 e. The van der Waals surface area contributed by atoms with Gasteiger partial charge in [0.05, 0.1) is 13.2 Å². The third-order valence-corrected chi connectivity index (χ3v) is 4.75. The highest BCUT2D eigenvalue weighted by atomic mass is 16.7. The van der Waals surface area contributed by atoms with Crippen molar-refractivity contribution in [3.8, 4) is 0 Å². The molecule has 5 nitrogen and oxygen atoms in total. The average Bonchev–Trinajstić information content (AvgIpc) is 2.66. The summed E-state index contributed by atoms with van der Waals surface area (Å²) >= 11 is 0. The van der Waals surface area contributed by atoms with Gasteiger partial charge in [0.1, 0.15) is 0 Å². The maximum absolute atomic E-state index is 12.6. The number of likely N-dealkylation sites (tertiary alicyclic amines) is 1. The molecule has 0 aromatic heterocycles. The number of aliphatic hydroxyl groups excluding tert-OH is 1. The van der Waals surface area contributed by atoms with Gasteiger partial charge < -0.3 is 19.5 Å². The number of hydrogen-bond donors (Lipinski definition) is 1. The Morgan fingerprint density at radius 3 is 2.56 bits per heavy atom. The molecule has 2 aliphatic heterocycles. The molecule has 1 aromatic rings. The lowest BCUT2D eigenvalue weighted by molar-refractivity contribution is -0.158. The first-order valence-electron chi connectivity index (χ1n) is 9.13. The van der Waals surface area contributed by atoms with Crippen molar-refractivity contribution in [2.75, 3.05) is 13.1 Å². The molecule has 2 heterocycles. The largest absolute Gasteiger partial charge is 0.459 e. The normalized spacial score (nSPS) is 23.8. The zero-order valence-corrected chi connectivity index (χ0v) is 14.8. The molecule has 136 valence electrons.